The highest BCUT2D eigenvalue weighted by Gasteiger charge is 2.31. The van der Waals surface area contributed by atoms with E-state index in [9.17, 15) is 18.0 Å². The van der Waals surface area contributed by atoms with Gasteiger partial charge < -0.3 is 10.1 Å². The molecule has 170 valence electrons. The van der Waals surface area contributed by atoms with Crippen LogP contribution in [0.25, 0.3) is 0 Å². The number of amides is 2. The van der Waals surface area contributed by atoms with Crippen LogP contribution in [-0.4, -0.2) is 50.8 Å². The van der Waals surface area contributed by atoms with Crippen LogP contribution in [0.3, 0.4) is 0 Å². The second kappa shape index (κ2) is 9.70. The van der Waals surface area contributed by atoms with Gasteiger partial charge >= 0.3 is 0 Å². The van der Waals surface area contributed by atoms with Crippen molar-refractivity contribution in [1.82, 2.24) is 9.62 Å². The van der Waals surface area contributed by atoms with Gasteiger partial charge in [0.2, 0.25) is 15.9 Å². The maximum Gasteiger partial charge on any atom is 0.265 e. The van der Waals surface area contributed by atoms with E-state index in [0.717, 1.165) is 31.2 Å². The molecule has 1 fully saturated rings. The fourth-order valence-electron chi connectivity index (χ4n) is 3.94. The van der Waals surface area contributed by atoms with Crippen molar-refractivity contribution in [3.8, 4) is 5.75 Å². The third-order valence-corrected chi connectivity index (χ3v) is 7.61. The number of benzene rings is 2. The first-order valence-electron chi connectivity index (χ1n) is 10.8. The highest BCUT2D eigenvalue weighted by molar-refractivity contribution is 7.89. The molecule has 2 amide bonds. The normalized spacial score (nSPS) is 17.2. The summed E-state index contributed by atoms with van der Waals surface area (Å²) < 4.78 is 33.4. The smallest absolute Gasteiger partial charge is 0.265 e. The second-order valence-electron chi connectivity index (χ2n) is 7.98. The SMILES string of the molecule is O=C(CN1C(=O)COc2ccc(S(=O)(=O)N3CCCCCC3)cc21)NCc1ccccc1. The minimum Gasteiger partial charge on any atom is -0.482 e. The van der Waals surface area contributed by atoms with Gasteiger partial charge in [0.05, 0.1) is 10.6 Å². The van der Waals surface area contributed by atoms with Crippen molar-refractivity contribution < 1.29 is 22.7 Å². The lowest BCUT2D eigenvalue weighted by Crippen LogP contribution is -2.45. The summed E-state index contributed by atoms with van der Waals surface area (Å²) in [6, 6.07) is 14.0. The number of rotatable bonds is 6. The van der Waals surface area contributed by atoms with E-state index in [4.69, 9.17) is 4.74 Å². The first kappa shape index (κ1) is 22.3. The summed E-state index contributed by atoms with van der Waals surface area (Å²) in [7, 11) is -3.70. The number of hydrogen-bond donors (Lipinski definition) is 1. The Bertz CT molecular complexity index is 1080. The Hall–Kier alpha value is -2.91. The van der Waals surface area contributed by atoms with Crippen LogP contribution in [0.4, 0.5) is 5.69 Å². The number of anilines is 1. The second-order valence-corrected chi connectivity index (χ2v) is 9.92. The van der Waals surface area contributed by atoms with Crippen molar-refractivity contribution >= 4 is 27.5 Å². The molecule has 9 heteroatoms. The Kier molecular flexibility index (Phi) is 6.76. The zero-order valence-corrected chi connectivity index (χ0v) is 18.6. The molecule has 32 heavy (non-hydrogen) atoms. The molecule has 4 rings (SSSR count). The molecule has 2 heterocycles. The predicted octanol–water partition coefficient (Wildman–Crippen LogP) is 2.29. The van der Waals surface area contributed by atoms with Crippen LogP contribution >= 0.6 is 0 Å². The largest absolute Gasteiger partial charge is 0.482 e. The molecule has 0 spiro atoms. The van der Waals surface area contributed by atoms with Crippen LogP contribution in [0.2, 0.25) is 0 Å². The Labute approximate surface area is 188 Å². The molecule has 2 aliphatic heterocycles. The summed E-state index contributed by atoms with van der Waals surface area (Å²) in [6.07, 6.45) is 3.70. The number of fused-ring (bicyclic) bond motifs is 1. The maximum atomic E-state index is 13.2. The first-order chi connectivity index (χ1) is 15.4. The molecule has 2 aromatic carbocycles. The third kappa shape index (κ3) is 4.94. The molecule has 2 aromatic rings. The molecule has 1 saturated heterocycles. The van der Waals surface area contributed by atoms with Crippen LogP contribution in [-0.2, 0) is 26.2 Å². The van der Waals surface area contributed by atoms with Crippen molar-refractivity contribution in [1.29, 1.82) is 0 Å². The molecule has 0 atom stereocenters. The fraction of sp³-hybridized carbons (Fsp3) is 0.391. The Balaban J connectivity index is 1.53. The standard InChI is InChI=1S/C23H27N3O5S/c27-22(24-15-18-8-4-3-5-9-18)16-26-20-14-19(10-11-21(20)31-17-23(26)28)32(29,30)25-12-6-1-2-7-13-25/h3-5,8-11,14H,1-2,6-7,12-13,15-17H2,(H,24,27). The van der Waals surface area contributed by atoms with Gasteiger partial charge in [0, 0.05) is 19.6 Å². The molecule has 0 unspecified atom stereocenters. The van der Waals surface area contributed by atoms with Gasteiger partial charge in [0.1, 0.15) is 12.3 Å². The van der Waals surface area contributed by atoms with E-state index in [1.807, 2.05) is 30.3 Å². The summed E-state index contributed by atoms with van der Waals surface area (Å²) >= 11 is 0. The van der Waals surface area contributed by atoms with Crippen molar-refractivity contribution in [3.63, 3.8) is 0 Å². The average Bonchev–Trinajstić information content (AvgIpc) is 3.10. The van der Waals surface area contributed by atoms with E-state index in [2.05, 4.69) is 5.32 Å². The average molecular weight is 458 g/mol. The molecular formula is C23H27N3O5S. The van der Waals surface area contributed by atoms with Gasteiger partial charge in [-0.2, -0.15) is 4.31 Å². The van der Waals surface area contributed by atoms with Crippen molar-refractivity contribution in [2.45, 2.75) is 37.1 Å². The highest BCUT2D eigenvalue weighted by Crippen LogP contribution is 2.35. The van der Waals surface area contributed by atoms with E-state index in [0.29, 0.717) is 31.1 Å². The molecule has 0 saturated carbocycles. The number of nitrogens with one attached hydrogen (secondary N) is 1. The Morgan fingerprint density at radius 1 is 1.00 bits per heavy atom. The van der Waals surface area contributed by atoms with Crippen molar-refractivity contribution in [2.75, 3.05) is 31.1 Å². The summed E-state index contributed by atoms with van der Waals surface area (Å²) in [5.41, 5.74) is 1.24. The van der Waals surface area contributed by atoms with Gasteiger partial charge in [-0.05, 0) is 36.6 Å². The molecule has 2 aliphatic rings. The quantitative estimate of drug-likeness (QED) is 0.718. The zero-order chi connectivity index (χ0) is 22.6. The van der Waals surface area contributed by atoms with Crippen LogP contribution < -0.4 is 15.0 Å². The summed E-state index contributed by atoms with van der Waals surface area (Å²) in [5, 5.41) is 2.80. The molecular weight excluding hydrogens is 430 g/mol. The van der Waals surface area contributed by atoms with E-state index in [-0.39, 0.29) is 24.0 Å². The topological polar surface area (TPSA) is 96.0 Å². The number of carbonyl (C=O) groups is 2. The van der Waals surface area contributed by atoms with E-state index < -0.39 is 15.9 Å². The van der Waals surface area contributed by atoms with Crippen LogP contribution in [0.1, 0.15) is 31.2 Å². The fourth-order valence-corrected chi connectivity index (χ4v) is 5.48. The highest BCUT2D eigenvalue weighted by atomic mass is 32.2. The summed E-state index contributed by atoms with van der Waals surface area (Å²) in [4.78, 5) is 26.5. The molecule has 0 radical (unpaired) electrons. The molecule has 0 bridgehead atoms. The summed E-state index contributed by atoms with van der Waals surface area (Å²) in [5.74, 6) is -0.345. The molecule has 0 aliphatic carbocycles. The van der Waals surface area contributed by atoms with Crippen LogP contribution in [0.15, 0.2) is 53.4 Å². The monoisotopic (exact) mass is 457 g/mol. The van der Waals surface area contributed by atoms with Gasteiger partial charge in [-0.1, -0.05) is 43.2 Å². The van der Waals surface area contributed by atoms with Crippen LogP contribution in [0, 0.1) is 0 Å². The lowest BCUT2D eigenvalue weighted by molar-refractivity contribution is -0.125. The van der Waals surface area contributed by atoms with Gasteiger partial charge in [-0.15, -0.1) is 0 Å². The van der Waals surface area contributed by atoms with E-state index >= 15 is 0 Å². The van der Waals surface area contributed by atoms with E-state index in [1.54, 1.807) is 6.07 Å². The van der Waals surface area contributed by atoms with Crippen LogP contribution in [0.5, 0.6) is 5.75 Å². The Morgan fingerprint density at radius 2 is 1.72 bits per heavy atom. The van der Waals surface area contributed by atoms with Crippen molar-refractivity contribution in [3.05, 3.63) is 54.1 Å². The lowest BCUT2D eigenvalue weighted by atomic mass is 10.2. The minimum absolute atomic E-state index is 0.103. The number of hydrogen-bond acceptors (Lipinski definition) is 5. The number of carbonyl (C=O) groups excluding carboxylic acids is 2. The summed E-state index contributed by atoms with van der Waals surface area (Å²) in [6.45, 7) is 0.905. The predicted molar refractivity (Wildman–Crippen MR) is 120 cm³/mol. The van der Waals surface area contributed by atoms with Gasteiger partial charge in [0.15, 0.2) is 6.61 Å². The number of sulfonamides is 1. The molecule has 1 N–H and O–H groups in total. The zero-order valence-electron chi connectivity index (χ0n) is 17.8. The van der Waals surface area contributed by atoms with Crippen molar-refractivity contribution in [2.24, 2.45) is 0 Å². The lowest BCUT2D eigenvalue weighted by Gasteiger charge is -2.30. The van der Waals surface area contributed by atoms with Gasteiger partial charge in [0.25, 0.3) is 5.91 Å². The number of ether oxygens (including phenoxy) is 1. The van der Waals surface area contributed by atoms with Gasteiger partial charge in [-0.25, -0.2) is 8.42 Å². The Morgan fingerprint density at radius 3 is 2.44 bits per heavy atom. The molecule has 0 aromatic heterocycles. The van der Waals surface area contributed by atoms with E-state index in [1.165, 1.54) is 21.3 Å². The minimum atomic E-state index is -3.70. The molecule has 8 nitrogen and oxygen atoms in total. The first-order valence-corrected chi connectivity index (χ1v) is 12.3. The maximum absolute atomic E-state index is 13.2. The third-order valence-electron chi connectivity index (χ3n) is 5.71. The van der Waals surface area contributed by atoms with Gasteiger partial charge in [-0.3, -0.25) is 14.5 Å². The number of nitrogens with zero attached hydrogens (tertiary/aromatic N) is 2.